The number of hydrogen-bond acceptors (Lipinski definition) is 6. The SMILES string of the molecule is COC(=O)c1ccc([C@@H]2c3c(oc4ccccc4c3=O)C(=O)N2c2cc(C)ccn2)cc1. The summed E-state index contributed by atoms with van der Waals surface area (Å²) in [5.74, 6) is -0.504. The van der Waals surface area contributed by atoms with Crippen LogP contribution in [0.4, 0.5) is 5.82 Å². The molecule has 2 aromatic carbocycles. The van der Waals surface area contributed by atoms with E-state index in [1.807, 2.05) is 13.0 Å². The van der Waals surface area contributed by atoms with Crippen molar-refractivity contribution >= 4 is 28.7 Å². The number of aromatic nitrogens is 1. The third kappa shape index (κ3) is 2.98. The number of ether oxygens (including phenoxy) is 1. The number of pyridine rings is 1. The third-order valence-corrected chi connectivity index (χ3v) is 5.57. The molecule has 7 nitrogen and oxygen atoms in total. The summed E-state index contributed by atoms with van der Waals surface area (Å²) in [5.41, 5.74) is 2.27. The fourth-order valence-corrected chi connectivity index (χ4v) is 4.04. The van der Waals surface area contributed by atoms with Crippen molar-refractivity contribution < 1.29 is 18.7 Å². The van der Waals surface area contributed by atoms with Crippen LogP contribution in [0.1, 0.15) is 43.6 Å². The number of nitrogens with zero attached hydrogens (tertiary/aromatic N) is 2. The molecule has 0 unspecified atom stereocenters. The van der Waals surface area contributed by atoms with Crippen molar-refractivity contribution in [3.8, 4) is 0 Å². The van der Waals surface area contributed by atoms with E-state index < -0.39 is 17.9 Å². The second-order valence-corrected chi connectivity index (χ2v) is 7.55. The first kappa shape index (κ1) is 19.7. The van der Waals surface area contributed by atoms with Crippen molar-refractivity contribution in [2.24, 2.45) is 0 Å². The quantitative estimate of drug-likeness (QED) is 0.460. The molecule has 0 fully saturated rings. The number of anilines is 1. The Balaban J connectivity index is 1.76. The van der Waals surface area contributed by atoms with Crippen molar-refractivity contribution in [3.63, 3.8) is 0 Å². The van der Waals surface area contributed by atoms with E-state index in [1.165, 1.54) is 12.0 Å². The summed E-state index contributed by atoms with van der Waals surface area (Å²) in [6.45, 7) is 1.90. The van der Waals surface area contributed by atoms with Crippen LogP contribution < -0.4 is 10.3 Å². The second kappa shape index (κ2) is 7.46. The number of carbonyl (C=O) groups excluding carboxylic acids is 2. The number of esters is 1. The first-order valence-corrected chi connectivity index (χ1v) is 10.00. The van der Waals surface area contributed by atoms with Gasteiger partial charge < -0.3 is 9.15 Å². The molecule has 3 heterocycles. The maximum Gasteiger partial charge on any atom is 0.337 e. The smallest absolute Gasteiger partial charge is 0.337 e. The highest BCUT2D eigenvalue weighted by molar-refractivity contribution is 6.10. The molecule has 32 heavy (non-hydrogen) atoms. The Kier molecular flexibility index (Phi) is 4.59. The van der Waals surface area contributed by atoms with Gasteiger partial charge in [-0.15, -0.1) is 0 Å². The average Bonchev–Trinajstić information content (AvgIpc) is 3.11. The van der Waals surface area contributed by atoms with Crippen LogP contribution >= 0.6 is 0 Å². The average molecular weight is 426 g/mol. The summed E-state index contributed by atoms with van der Waals surface area (Å²) in [4.78, 5) is 44.7. The number of amides is 1. The predicted molar refractivity (Wildman–Crippen MR) is 118 cm³/mol. The van der Waals surface area contributed by atoms with E-state index in [4.69, 9.17) is 9.15 Å². The van der Waals surface area contributed by atoms with Crippen molar-refractivity contribution in [1.82, 2.24) is 4.98 Å². The Morgan fingerprint density at radius 1 is 1.06 bits per heavy atom. The van der Waals surface area contributed by atoms with Crippen molar-refractivity contribution in [2.45, 2.75) is 13.0 Å². The summed E-state index contributed by atoms with van der Waals surface area (Å²) >= 11 is 0. The maximum atomic E-state index is 13.5. The van der Waals surface area contributed by atoms with Gasteiger partial charge in [0.2, 0.25) is 5.76 Å². The van der Waals surface area contributed by atoms with Crippen LogP contribution in [0.25, 0.3) is 11.0 Å². The minimum atomic E-state index is -0.751. The Hall–Kier alpha value is -4.26. The van der Waals surface area contributed by atoms with Gasteiger partial charge in [0.15, 0.2) is 5.43 Å². The second-order valence-electron chi connectivity index (χ2n) is 7.55. The van der Waals surface area contributed by atoms with Gasteiger partial charge in [0.1, 0.15) is 11.4 Å². The van der Waals surface area contributed by atoms with Crippen LogP contribution in [-0.4, -0.2) is 24.0 Å². The summed E-state index contributed by atoms with van der Waals surface area (Å²) in [6, 6.07) is 16.3. The summed E-state index contributed by atoms with van der Waals surface area (Å²) in [6.07, 6.45) is 1.62. The molecule has 7 heteroatoms. The zero-order chi connectivity index (χ0) is 22.4. The first-order chi connectivity index (χ1) is 15.5. The topological polar surface area (TPSA) is 89.7 Å². The number of fused-ring (bicyclic) bond motifs is 2. The van der Waals surface area contributed by atoms with Gasteiger partial charge in [-0.3, -0.25) is 14.5 Å². The molecule has 0 saturated heterocycles. The molecule has 5 rings (SSSR count). The van der Waals surface area contributed by atoms with Gasteiger partial charge in [-0.25, -0.2) is 9.78 Å². The molecule has 0 radical (unpaired) electrons. The maximum absolute atomic E-state index is 13.5. The lowest BCUT2D eigenvalue weighted by Crippen LogP contribution is -2.30. The standard InChI is InChI=1S/C25H18N2O5/c1-14-11-12-26-19(13-14)27-21(15-7-9-16(10-8-15)25(30)31-2)20-22(28)17-5-3-4-6-18(17)32-23(20)24(27)29/h3-13,21H,1-2H3/t21-/m1/s1. The zero-order valence-corrected chi connectivity index (χ0v) is 17.4. The molecule has 158 valence electrons. The van der Waals surface area contributed by atoms with E-state index >= 15 is 0 Å². The van der Waals surface area contributed by atoms with E-state index in [0.29, 0.717) is 27.9 Å². The normalized spacial score (nSPS) is 15.1. The zero-order valence-electron chi connectivity index (χ0n) is 17.4. The Morgan fingerprint density at radius 3 is 2.53 bits per heavy atom. The van der Waals surface area contributed by atoms with Crippen molar-refractivity contribution in [1.29, 1.82) is 0 Å². The van der Waals surface area contributed by atoms with Gasteiger partial charge >= 0.3 is 5.97 Å². The van der Waals surface area contributed by atoms with Crippen molar-refractivity contribution in [2.75, 3.05) is 12.0 Å². The Labute approximate surface area is 182 Å². The molecule has 0 bridgehead atoms. The Bertz CT molecular complexity index is 1440. The van der Waals surface area contributed by atoms with Gasteiger partial charge in [-0.1, -0.05) is 24.3 Å². The molecule has 0 spiro atoms. The fourth-order valence-electron chi connectivity index (χ4n) is 4.04. The molecule has 1 atom stereocenters. The molecule has 1 aliphatic rings. The number of benzene rings is 2. The molecule has 4 aromatic rings. The van der Waals surface area contributed by atoms with Crippen LogP contribution in [0.15, 0.2) is 76.1 Å². The summed E-state index contributed by atoms with van der Waals surface area (Å²) in [7, 11) is 1.31. The van der Waals surface area contributed by atoms with E-state index in [0.717, 1.165) is 5.56 Å². The predicted octanol–water partition coefficient (Wildman–Crippen LogP) is 4.03. The fraction of sp³-hybridized carbons (Fsp3) is 0.120. The van der Waals surface area contributed by atoms with Crippen molar-refractivity contribution in [3.05, 3.63) is 105 Å². The molecule has 2 aromatic heterocycles. The first-order valence-electron chi connectivity index (χ1n) is 10.00. The van der Waals surface area contributed by atoms with E-state index in [1.54, 1.807) is 60.8 Å². The van der Waals surface area contributed by atoms with Crippen LogP contribution in [0.5, 0.6) is 0 Å². The highest BCUT2D eigenvalue weighted by Crippen LogP contribution is 2.40. The number of methoxy groups -OCH3 is 1. The number of carbonyl (C=O) groups is 2. The van der Waals surface area contributed by atoms with Gasteiger partial charge in [-0.2, -0.15) is 0 Å². The highest BCUT2D eigenvalue weighted by Gasteiger charge is 2.44. The summed E-state index contributed by atoms with van der Waals surface area (Å²) < 4.78 is 10.7. The third-order valence-electron chi connectivity index (χ3n) is 5.57. The molecular formula is C25H18N2O5. The lowest BCUT2D eigenvalue weighted by Gasteiger charge is -2.24. The van der Waals surface area contributed by atoms with Gasteiger partial charge in [-0.05, 0) is 54.4 Å². The highest BCUT2D eigenvalue weighted by atomic mass is 16.5. The van der Waals surface area contributed by atoms with E-state index in [-0.39, 0.29) is 16.8 Å². The van der Waals surface area contributed by atoms with Crippen LogP contribution in [-0.2, 0) is 4.74 Å². The lowest BCUT2D eigenvalue weighted by molar-refractivity contribution is 0.0600. The van der Waals surface area contributed by atoms with Gasteiger partial charge in [0, 0.05) is 6.20 Å². The van der Waals surface area contributed by atoms with Gasteiger partial charge in [0.25, 0.3) is 5.91 Å². The molecule has 0 saturated carbocycles. The minimum Gasteiger partial charge on any atom is -0.465 e. The molecule has 0 N–H and O–H groups in total. The molecule has 1 aliphatic heterocycles. The van der Waals surface area contributed by atoms with E-state index in [9.17, 15) is 14.4 Å². The van der Waals surface area contributed by atoms with E-state index in [2.05, 4.69) is 4.98 Å². The van der Waals surface area contributed by atoms with Crippen LogP contribution in [0, 0.1) is 6.92 Å². The molecule has 0 aliphatic carbocycles. The number of hydrogen-bond donors (Lipinski definition) is 0. The van der Waals surface area contributed by atoms with Crippen LogP contribution in [0.2, 0.25) is 0 Å². The van der Waals surface area contributed by atoms with Crippen LogP contribution in [0.3, 0.4) is 0 Å². The number of aryl methyl sites for hydroxylation is 1. The lowest BCUT2D eigenvalue weighted by atomic mass is 9.97. The van der Waals surface area contributed by atoms with Gasteiger partial charge in [0.05, 0.1) is 29.7 Å². The molecular weight excluding hydrogens is 408 g/mol. The monoisotopic (exact) mass is 426 g/mol. The summed E-state index contributed by atoms with van der Waals surface area (Å²) in [5, 5.41) is 0.397. The number of para-hydroxylation sites is 1. The minimum absolute atomic E-state index is 0.000879. The Morgan fingerprint density at radius 2 is 1.81 bits per heavy atom. The largest absolute Gasteiger partial charge is 0.465 e. The number of rotatable bonds is 3. The molecule has 1 amide bonds.